The zero-order chi connectivity index (χ0) is 11.8. The molecule has 0 spiro atoms. The topological polar surface area (TPSA) is 29.4 Å². The van der Waals surface area contributed by atoms with Crippen molar-refractivity contribution in [1.82, 2.24) is 0 Å². The number of aliphatic imine (C=N–C) groups is 1. The Kier molecular flexibility index (Phi) is 2.56. The normalized spacial score (nSPS) is 17.4. The van der Waals surface area contributed by atoms with E-state index in [0.29, 0.717) is 18.9 Å². The van der Waals surface area contributed by atoms with Crippen LogP contribution in [0.2, 0.25) is 0 Å². The molecule has 1 fully saturated rings. The highest BCUT2D eigenvalue weighted by molar-refractivity contribution is 5.40. The van der Waals surface area contributed by atoms with Crippen LogP contribution in [0.3, 0.4) is 0 Å². The molecule has 1 aliphatic carbocycles. The lowest BCUT2D eigenvalue weighted by atomic mass is 9.72. The minimum atomic E-state index is -1.26. The third-order valence-corrected chi connectivity index (χ3v) is 2.93. The number of benzene rings is 1. The Morgan fingerprint density at radius 1 is 1.25 bits per heavy atom. The van der Waals surface area contributed by atoms with Gasteiger partial charge in [-0.05, 0) is 25.3 Å². The van der Waals surface area contributed by atoms with Gasteiger partial charge in [-0.2, -0.15) is 4.99 Å². The molecule has 0 aromatic heterocycles. The van der Waals surface area contributed by atoms with Crippen molar-refractivity contribution in [2.24, 2.45) is 4.99 Å². The molecule has 0 heterocycles. The van der Waals surface area contributed by atoms with Crippen molar-refractivity contribution >= 4 is 6.08 Å². The highest BCUT2D eigenvalue weighted by atomic mass is 19.2. The van der Waals surface area contributed by atoms with Crippen molar-refractivity contribution in [2.75, 3.05) is 0 Å². The van der Waals surface area contributed by atoms with E-state index in [-0.39, 0.29) is 5.56 Å². The molecule has 0 unspecified atom stereocenters. The van der Waals surface area contributed by atoms with Crippen molar-refractivity contribution in [2.45, 2.75) is 24.8 Å². The standard InChI is InChI=1S/C11H8F3NO/c12-7-4-8(10(14)9(13)5-7)11(15-6-16)2-1-3-11/h4-5H,1-3H2. The fourth-order valence-corrected chi connectivity index (χ4v) is 1.94. The molecule has 16 heavy (non-hydrogen) atoms. The van der Waals surface area contributed by atoms with Crippen LogP contribution in [-0.4, -0.2) is 6.08 Å². The number of halogens is 3. The van der Waals surface area contributed by atoms with Crippen LogP contribution in [-0.2, 0) is 10.3 Å². The molecule has 1 saturated carbocycles. The highest BCUT2D eigenvalue weighted by Gasteiger charge is 2.42. The van der Waals surface area contributed by atoms with E-state index in [0.717, 1.165) is 12.5 Å². The number of carbonyl (C=O) groups excluding carboxylic acids is 1. The lowest BCUT2D eigenvalue weighted by molar-refractivity contribution is 0.243. The van der Waals surface area contributed by atoms with E-state index in [9.17, 15) is 18.0 Å². The summed E-state index contributed by atoms with van der Waals surface area (Å²) in [6.45, 7) is 0. The monoisotopic (exact) mass is 227 g/mol. The van der Waals surface area contributed by atoms with Gasteiger partial charge in [0.15, 0.2) is 11.6 Å². The van der Waals surface area contributed by atoms with E-state index < -0.39 is 23.0 Å². The summed E-state index contributed by atoms with van der Waals surface area (Å²) in [7, 11) is 0. The van der Waals surface area contributed by atoms with Crippen molar-refractivity contribution in [3.63, 3.8) is 0 Å². The van der Waals surface area contributed by atoms with Crippen LogP contribution in [0.1, 0.15) is 24.8 Å². The Morgan fingerprint density at radius 2 is 1.94 bits per heavy atom. The molecule has 0 bridgehead atoms. The second-order valence-corrected chi connectivity index (χ2v) is 3.84. The molecule has 1 aromatic carbocycles. The molecular formula is C11H8F3NO. The average molecular weight is 227 g/mol. The van der Waals surface area contributed by atoms with Crippen LogP contribution in [0.5, 0.6) is 0 Å². The first-order valence-electron chi connectivity index (χ1n) is 4.83. The Balaban J connectivity index is 2.58. The maximum Gasteiger partial charge on any atom is 0.235 e. The maximum absolute atomic E-state index is 13.5. The van der Waals surface area contributed by atoms with Crippen LogP contribution >= 0.6 is 0 Å². The summed E-state index contributed by atoms with van der Waals surface area (Å²) in [6, 6.07) is 1.36. The molecule has 2 rings (SSSR count). The SMILES string of the molecule is O=C=NC1(c2cc(F)cc(F)c2F)CCC1. The van der Waals surface area contributed by atoms with Crippen LogP contribution in [0.15, 0.2) is 17.1 Å². The van der Waals surface area contributed by atoms with E-state index in [1.807, 2.05) is 0 Å². The minimum absolute atomic E-state index is 0.195. The summed E-state index contributed by atoms with van der Waals surface area (Å²) in [5.41, 5.74) is -1.31. The molecule has 0 amide bonds. The molecule has 1 aromatic rings. The number of rotatable bonds is 2. The number of isocyanates is 1. The first kappa shape index (κ1) is 10.9. The van der Waals surface area contributed by atoms with Crippen molar-refractivity contribution in [3.05, 3.63) is 35.1 Å². The van der Waals surface area contributed by atoms with E-state index in [4.69, 9.17) is 0 Å². The molecule has 84 valence electrons. The van der Waals surface area contributed by atoms with Gasteiger partial charge in [0.1, 0.15) is 11.4 Å². The van der Waals surface area contributed by atoms with E-state index in [1.165, 1.54) is 6.08 Å². The summed E-state index contributed by atoms with van der Waals surface area (Å²) >= 11 is 0. The smallest absolute Gasteiger partial charge is 0.211 e. The van der Waals surface area contributed by atoms with Gasteiger partial charge in [-0.3, -0.25) is 0 Å². The molecule has 0 N–H and O–H groups in total. The van der Waals surface area contributed by atoms with Gasteiger partial charge >= 0.3 is 0 Å². The van der Waals surface area contributed by atoms with Crippen molar-refractivity contribution < 1.29 is 18.0 Å². The fraction of sp³-hybridized carbons (Fsp3) is 0.364. The number of nitrogens with zero attached hydrogens (tertiary/aromatic N) is 1. The second kappa shape index (κ2) is 3.76. The number of hydrogen-bond acceptors (Lipinski definition) is 2. The summed E-state index contributed by atoms with van der Waals surface area (Å²) in [4.78, 5) is 13.8. The predicted octanol–water partition coefficient (Wildman–Crippen LogP) is 2.82. The molecule has 0 aliphatic heterocycles. The molecule has 0 atom stereocenters. The van der Waals surface area contributed by atoms with E-state index >= 15 is 0 Å². The number of hydrogen-bond donors (Lipinski definition) is 0. The zero-order valence-electron chi connectivity index (χ0n) is 8.27. The maximum atomic E-state index is 13.5. The lowest BCUT2D eigenvalue weighted by Gasteiger charge is -2.37. The third-order valence-electron chi connectivity index (χ3n) is 2.93. The molecule has 1 aliphatic rings. The second-order valence-electron chi connectivity index (χ2n) is 3.84. The van der Waals surface area contributed by atoms with Gasteiger partial charge in [0.2, 0.25) is 6.08 Å². The first-order valence-corrected chi connectivity index (χ1v) is 4.83. The molecule has 2 nitrogen and oxygen atoms in total. The van der Waals surface area contributed by atoms with Crippen LogP contribution in [0.25, 0.3) is 0 Å². The van der Waals surface area contributed by atoms with Crippen LogP contribution in [0, 0.1) is 17.5 Å². The van der Waals surface area contributed by atoms with Gasteiger partial charge in [-0.1, -0.05) is 0 Å². The Morgan fingerprint density at radius 3 is 2.44 bits per heavy atom. The van der Waals surface area contributed by atoms with Gasteiger partial charge in [0, 0.05) is 11.6 Å². The predicted molar refractivity (Wildman–Crippen MR) is 50.0 cm³/mol. The molecule has 0 saturated heterocycles. The van der Waals surface area contributed by atoms with Crippen molar-refractivity contribution in [1.29, 1.82) is 0 Å². The van der Waals surface area contributed by atoms with Gasteiger partial charge in [-0.25, -0.2) is 18.0 Å². The summed E-state index contributed by atoms with van der Waals surface area (Å²) in [5.74, 6) is -3.27. The zero-order valence-corrected chi connectivity index (χ0v) is 8.27. The lowest BCUT2D eigenvalue weighted by Crippen LogP contribution is -2.33. The quantitative estimate of drug-likeness (QED) is 0.434. The van der Waals surface area contributed by atoms with Crippen LogP contribution < -0.4 is 0 Å². The Hall–Kier alpha value is -1.61. The fourth-order valence-electron chi connectivity index (χ4n) is 1.94. The van der Waals surface area contributed by atoms with Gasteiger partial charge in [0.25, 0.3) is 0 Å². The summed E-state index contributed by atoms with van der Waals surface area (Å²) in [6.07, 6.45) is 2.89. The molecule has 5 heteroatoms. The largest absolute Gasteiger partial charge is 0.235 e. The minimum Gasteiger partial charge on any atom is -0.211 e. The Labute approximate surface area is 89.8 Å². The molecular weight excluding hydrogens is 219 g/mol. The third kappa shape index (κ3) is 1.53. The first-order chi connectivity index (χ1) is 7.59. The summed E-state index contributed by atoms with van der Waals surface area (Å²) in [5, 5.41) is 0. The van der Waals surface area contributed by atoms with Gasteiger partial charge in [0.05, 0.1) is 0 Å². The van der Waals surface area contributed by atoms with Gasteiger partial charge < -0.3 is 0 Å². The summed E-state index contributed by atoms with van der Waals surface area (Å²) < 4.78 is 39.5. The highest BCUT2D eigenvalue weighted by Crippen LogP contribution is 2.46. The van der Waals surface area contributed by atoms with E-state index in [1.54, 1.807) is 0 Å². The average Bonchev–Trinajstić information content (AvgIpc) is 2.17. The van der Waals surface area contributed by atoms with Gasteiger partial charge in [-0.15, -0.1) is 0 Å². The van der Waals surface area contributed by atoms with E-state index in [2.05, 4.69) is 4.99 Å². The van der Waals surface area contributed by atoms with Crippen molar-refractivity contribution in [3.8, 4) is 0 Å². The Bertz CT molecular complexity index is 476. The molecule has 0 radical (unpaired) electrons. The van der Waals surface area contributed by atoms with Crippen LogP contribution in [0.4, 0.5) is 13.2 Å².